The molecule has 0 saturated heterocycles. The fourth-order valence-electron chi connectivity index (χ4n) is 2.15. The molecular formula is C12H10N2O3. The lowest BCUT2D eigenvalue weighted by atomic mass is 10.1. The van der Waals surface area contributed by atoms with Crippen LogP contribution in [-0.4, -0.2) is 17.1 Å². The van der Waals surface area contributed by atoms with Gasteiger partial charge < -0.3 is 15.0 Å². The summed E-state index contributed by atoms with van der Waals surface area (Å²) in [4.78, 5) is 23.3. The van der Waals surface area contributed by atoms with Crippen LogP contribution in [0.3, 0.4) is 0 Å². The van der Waals surface area contributed by atoms with E-state index in [1.54, 1.807) is 18.2 Å². The molecule has 1 aromatic carbocycles. The zero-order chi connectivity index (χ0) is 12.0. The molecule has 5 heteroatoms. The van der Waals surface area contributed by atoms with Crippen molar-refractivity contribution in [1.29, 1.82) is 0 Å². The Labute approximate surface area is 96.4 Å². The van der Waals surface area contributed by atoms with Crippen molar-refractivity contribution in [2.75, 3.05) is 6.61 Å². The fourth-order valence-corrected chi connectivity index (χ4v) is 2.15. The van der Waals surface area contributed by atoms with Gasteiger partial charge in [0, 0.05) is 6.20 Å². The molecule has 0 radical (unpaired) electrons. The predicted molar refractivity (Wildman–Crippen MR) is 62.2 cm³/mol. The van der Waals surface area contributed by atoms with Gasteiger partial charge in [0.05, 0.1) is 17.4 Å². The maximum atomic E-state index is 12.0. The Morgan fingerprint density at radius 1 is 1.41 bits per heavy atom. The lowest BCUT2D eigenvalue weighted by Crippen LogP contribution is -2.26. The first-order chi connectivity index (χ1) is 8.18. The van der Waals surface area contributed by atoms with Crippen LogP contribution in [0.1, 0.15) is 10.4 Å². The van der Waals surface area contributed by atoms with Crippen LogP contribution in [-0.2, 0) is 6.54 Å². The molecule has 0 aliphatic carbocycles. The Morgan fingerprint density at radius 2 is 2.24 bits per heavy atom. The van der Waals surface area contributed by atoms with Crippen molar-refractivity contribution in [3.8, 4) is 5.75 Å². The van der Waals surface area contributed by atoms with Gasteiger partial charge in [-0.3, -0.25) is 9.59 Å². The molecule has 86 valence electrons. The monoisotopic (exact) mass is 230 g/mol. The van der Waals surface area contributed by atoms with Gasteiger partial charge in [0.2, 0.25) is 5.43 Å². The second kappa shape index (κ2) is 3.35. The summed E-state index contributed by atoms with van der Waals surface area (Å²) in [5.74, 6) is -0.0283. The molecule has 1 amide bonds. The number of amides is 1. The summed E-state index contributed by atoms with van der Waals surface area (Å²) >= 11 is 0. The van der Waals surface area contributed by atoms with Crippen molar-refractivity contribution >= 4 is 16.8 Å². The molecule has 1 aliphatic rings. The molecule has 5 nitrogen and oxygen atoms in total. The van der Waals surface area contributed by atoms with E-state index in [0.29, 0.717) is 24.3 Å². The third-order valence-corrected chi connectivity index (χ3v) is 2.92. The van der Waals surface area contributed by atoms with E-state index < -0.39 is 5.91 Å². The van der Waals surface area contributed by atoms with Crippen LogP contribution in [0.2, 0.25) is 0 Å². The number of carbonyl (C=O) groups excluding carboxylic acids is 1. The Hall–Kier alpha value is -2.30. The molecular weight excluding hydrogens is 220 g/mol. The first kappa shape index (κ1) is 9.89. The Bertz CT molecular complexity index is 688. The van der Waals surface area contributed by atoms with Crippen LogP contribution >= 0.6 is 0 Å². The average Bonchev–Trinajstić information content (AvgIpc) is 2.33. The second-order valence-corrected chi connectivity index (χ2v) is 3.93. The third kappa shape index (κ3) is 1.32. The molecule has 0 spiro atoms. The largest absolute Gasteiger partial charge is 0.490 e. The van der Waals surface area contributed by atoms with E-state index in [1.807, 2.05) is 4.57 Å². The maximum absolute atomic E-state index is 12.0. The summed E-state index contributed by atoms with van der Waals surface area (Å²) in [6.07, 6.45) is 1.51. The average molecular weight is 230 g/mol. The number of rotatable bonds is 1. The van der Waals surface area contributed by atoms with Gasteiger partial charge in [-0.05, 0) is 12.1 Å². The van der Waals surface area contributed by atoms with E-state index in [-0.39, 0.29) is 11.0 Å². The van der Waals surface area contributed by atoms with Crippen LogP contribution in [0.15, 0.2) is 29.2 Å². The number of benzene rings is 1. The van der Waals surface area contributed by atoms with Crippen molar-refractivity contribution < 1.29 is 9.53 Å². The van der Waals surface area contributed by atoms with Gasteiger partial charge in [-0.25, -0.2) is 0 Å². The first-order valence-electron chi connectivity index (χ1n) is 5.27. The number of nitrogens with two attached hydrogens (primary N) is 1. The zero-order valence-corrected chi connectivity index (χ0v) is 8.97. The van der Waals surface area contributed by atoms with Gasteiger partial charge in [-0.1, -0.05) is 6.07 Å². The maximum Gasteiger partial charge on any atom is 0.254 e. The van der Waals surface area contributed by atoms with E-state index in [9.17, 15) is 9.59 Å². The molecule has 1 aromatic heterocycles. The minimum Gasteiger partial charge on any atom is -0.490 e. The number of aromatic nitrogens is 1. The van der Waals surface area contributed by atoms with Crippen molar-refractivity contribution in [3.63, 3.8) is 0 Å². The number of hydrogen-bond acceptors (Lipinski definition) is 3. The Kier molecular flexibility index (Phi) is 1.95. The van der Waals surface area contributed by atoms with Crippen molar-refractivity contribution in [2.24, 2.45) is 5.73 Å². The second-order valence-electron chi connectivity index (χ2n) is 3.93. The van der Waals surface area contributed by atoms with E-state index in [2.05, 4.69) is 0 Å². The first-order valence-corrected chi connectivity index (χ1v) is 5.27. The highest BCUT2D eigenvalue weighted by atomic mass is 16.5. The minimum absolute atomic E-state index is 0.0246. The highest BCUT2D eigenvalue weighted by Gasteiger charge is 2.18. The minimum atomic E-state index is -0.697. The molecule has 2 aromatic rings. The summed E-state index contributed by atoms with van der Waals surface area (Å²) in [5.41, 5.74) is 5.62. The smallest absolute Gasteiger partial charge is 0.254 e. The highest BCUT2D eigenvalue weighted by Crippen LogP contribution is 2.26. The number of hydrogen-bond donors (Lipinski definition) is 1. The molecule has 17 heavy (non-hydrogen) atoms. The lowest BCUT2D eigenvalue weighted by Gasteiger charge is -2.20. The zero-order valence-electron chi connectivity index (χ0n) is 8.97. The normalized spacial score (nSPS) is 13.4. The number of ether oxygens (including phenoxy) is 1. The summed E-state index contributed by atoms with van der Waals surface area (Å²) in [7, 11) is 0. The van der Waals surface area contributed by atoms with Crippen LogP contribution in [0.4, 0.5) is 0 Å². The molecule has 0 unspecified atom stereocenters. The van der Waals surface area contributed by atoms with Gasteiger partial charge in [-0.15, -0.1) is 0 Å². The number of carbonyl (C=O) groups is 1. The lowest BCUT2D eigenvalue weighted by molar-refractivity contribution is 0.0998. The molecule has 0 fully saturated rings. The third-order valence-electron chi connectivity index (χ3n) is 2.92. The number of pyridine rings is 1. The summed E-state index contributed by atoms with van der Waals surface area (Å²) in [6, 6.07) is 5.22. The highest BCUT2D eigenvalue weighted by molar-refractivity contribution is 5.97. The Balaban J connectivity index is 2.51. The van der Waals surface area contributed by atoms with E-state index >= 15 is 0 Å². The molecule has 0 atom stereocenters. The molecule has 0 saturated carbocycles. The van der Waals surface area contributed by atoms with E-state index in [4.69, 9.17) is 10.5 Å². The Morgan fingerprint density at radius 3 is 3.00 bits per heavy atom. The summed E-state index contributed by atoms with van der Waals surface area (Å²) in [5, 5.41) is 0.471. The number of primary amides is 1. The SMILES string of the molecule is NC(=O)c1cn2c3c(cccc3c1=O)OCC2. The number of para-hydroxylation sites is 1. The number of nitrogens with zero attached hydrogens (tertiary/aromatic N) is 1. The topological polar surface area (TPSA) is 74.3 Å². The summed E-state index contributed by atoms with van der Waals surface area (Å²) in [6.45, 7) is 1.13. The van der Waals surface area contributed by atoms with Gasteiger partial charge in [0.25, 0.3) is 5.91 Å². The molecule has 2 heterocycles. The van der Waals surface area contributed by atoms with Crippen LogP contribution in [0.5, 0.6) is 5.75 Å². The standard InChI is InChI=1S/C12H10N2O3/c13-12(16)8-6-14-4-5-17-9-3-1-2-7(10(9)14)11(8)15/h1-3,6H,4-5H2,(H2,13,16). The molecule has 2 N–H and O–H groups in total. The quantitative estimate of drug-likeness (QED) is 0.774. The fraction of sp³-hybridized carbons (Fsp3) is 0.167. The van der Waals surface area contributed by atoms with Gasteiger partial charge in [0.15, 0.2) is 0 Å². The van der Waals surface area contributed by atoms with Crippen LogP contribution in [0, 0.1) is 0 Å². The van der Waals surface area contributed by atoms with E-state index in [0.717, 1.165) is 5.52 Å². The molecule has 1 aliphatic heterocycles. The van der Waals surface area contributed by atoms with Gasteiger partial charge in [-0.2, -0.15) is 0 Å². The van der Waals surface area contributed by atoms with Crippen LogP contribution < -0.4 is 15.9 Å². The van der Waals surface area contributed by atoms with Crippen molar-refractivity contribution in [1.82, 2.24) is 4.57 Å². The van der Waals surface area contributed by atoms with Crippen molar-refractivity contribution in [3.05, 3.63) is 40.2 Å². The molecule has 3 rings (SSSR count). The molecule has 0 bridgehead atoms. The van der Waals surface area contributed by atoms with E-state index in [1.165, 1.54) is 6.20 Å². The van der Waals surface area contributed by atoms with Gasteiger partial charge in [0.1, 0.15) is 17.9 Å². The van der Waals surface area contributed by atoms with Gasteiger partial charge >= 0.3 is 0 Å². The summed E-state index contributed by atoms with van der Waals surface area (Å²) < 4.78 is 7.32. The van der Waals surface area contributed by atoms with Crippen LogP contribution in [0.25, 0.3) is 10.9 Å². The van der Waals surface area contributed by atoms with Crippen molar-refractivity contribution in [2.45, 2.75) is 6.54 Å². The predicted octanol–water partition coefficient (Wildman–Crippen LogP) is 0.493.